The Morgan fingerprint density at radius 2 is 1.96 bits per heavy atom. The summed E-state index contributed by atoms with van der Waals surface area (Å²) >= 11 is 0. The van der Waals surface area contributed by atoms with Crippen LogP contribution in [0.3, 0.4) is 0 Å². The molecule has 124 valence electrons. The van der Waals surface area contributed by atoms with Crippen LogP contribution >= 0.6 is 0 Å². The number of anilines is 3. The highest BCUT2D eigenvalue weighted by atomic mass is 16.5. The van der Waals surface area contributed by atoms with Gasteiger partial charge in [0, 0.05) is 18.2 Å². The molecule has 23 heavy (non-hydrogen) atoms. The molecule has 1 aromatic carbocycles. The van der Waals surface area contributed by atoms with Crippen molar-refractivity contribution in [2.45, 2.75) is 32.1 Å². The second kappa shape index (κ2) is 7.17. The minimum absolute atomic E-state index is 0.00369. The van der Waals surface area contributed by atoms with E-state index in [1.807, 2.05) is 18.2 Å². The summed E-state index contributed by atoms with van der Waals surface area (Å²) in [7, 11) is 1.71. The molecular weight excluding hydrogens is 290 g/mol. The molecular formula is C17H25N5O. The number of nitrogens with one attached hydrogen (secondary N) is 1. The van der Waals surface area contributed by atoms with E-state index in [0.717, 1.165) is 25.1 Å². The molecule has 0 amide bonds. The van der Waals surface area contributed by atoms with Gasteiger partial charge in [0.1, 0.15) is 17.4 Å². The fourth-order valence-electron chi connectivity index (χ4n) is 2.69. The van der Waals surface area contributed by atoms with Crippen LogP contribution < -0.4 is 21.5 Å². The monoisotopic (exact) mass is 315 g/mol. The molecule has 0 saturated heterocycles. The summed E-state index contributed by atoms with van der Waals surface area (Å²) in [5, 5.41) is 3.27. The SMILES string of the molecule is CCC(C)(CCNc1cc(N)nc(N)n1)c1ccccc1OC. The minimum Gasteiger partial charge on any atom is -0.496 e. The molecule has 0 bridgehead atoms. The Hall–Kier alpha value is -2.50. The van der Waals surface area contributed by atoms with Gasteiger partial charge in [0.25, 0.3) is 0 Å². The fraction of sp³-hybridized carbons (Fsp3) is 0.412. The van der Waals surface area contributed by atoms with Crippen LogP contribution in [0.2, 0.25) is 0 Å². The van der Waals surface area contributed by atoms with Crippen LogP contribution in [0.1, 0.15) is 32.3 Å². The third-order valence-corrected chi connectivity index (χ3v) is 4.28. The maximum atomic E-state index is 5.68. The van der Waals surface area contributed by atoms with Crippen LogP contribution in [-0.2, 0) is 5.41 Å². The Bertz CT molecular complexity index is 641. The van der Waals surface area contributed by atoms with Gasteiger partial charge in [0.2, 0.25) is 5.95 Å². The van der Waals surface area contributed by atoms with E-state index in [2.05, 4.69) is 35.2 Å². The molecule has 0 saturated carbocycles. The Labute approximate surface area is 137 Å². The zero-order valence-electron chi connectivity index (χ0n) is 14.0. The lowest BCUT2D eigenvalue weighted by Crippen LogP contribution is -2.25. The van der Waals surface area contributed by atoms with Gasteiger partial charge in [-0.3, -0.25) is 0 Å². The molecule has 0 fully saturated rings. The molecule has 2 rings (SSSR count). The number of benzene rings is 1. The van der Waals surface area contributed by atoms with E-state index in [1.165, 1.54) is 5.56 Å². The maximum Gasteiger partial charge on any atom is 0.223 e. The molecule has 1 atom stereocenters. The number of nitrogen functional groups attached to an aromatic ring is 2. The van der Waals surface area contributed by atoms with Crippen molar-refractivity contribution >= 4 is 17.6 Å². The molecule has 0 aliphatic carbocycles. The number of hydrogen-bond acceptors (Lipinski definition) is 6. The van der Waals surface area contributed by atoms with Crippen molar-refractivity contribution in [2.75, 3.05) is 30.4 Å². The van der Waals surface area contributed by atoms with Gasteiger partial charge in [-0.2, -0.15) is 9.97 Å². The molecule has 0 radical (unpaired) electrons. The number of nitrogens with zero attached hydrogens (tertiary/aromatic N) is 2. The van der Waals surface area contributed by atoms with Gasteiger partial charge in [-0.15, -0.1) is 0 Å². The van der Waals surface area contributed by atoms with Crippen molar-refractivity contribution in [2.24, 2.45) is 0 Å². The predicted octanol–water partition coefficient (Wildman–Crippen LogP) is 2.82. The minimum atomic E-state index is 0.00369. The largest absolute Gasteiger partial charge is 0.496 e. The van der Waals surface area contributed by atoms with E-state index < -0.39 is 0 Å². The average Bonchev–Trinajstić information content (AvgIpc) is 2.53. The first kappa shape index (κ1) is 16.9. The van der Waals surface area contributed by atoms with E-state index in [9.17, 15) is 0 Å². The van der Waals surface area contributed by atoms with Crippen LogP contribution in [0, 0.1) is 0 Å². The van der Waals surface area contributed by atoms with Gasteiger partial charge in [0.15, 0.2) is 0 Å². The van der Waals surface area contributed by atoms with E-state index in [0.29, 0.717) is 11.6 Å². The van der Waals surface area contributed by atoms with Crippen molar-refractivity contribution in [3.8, 4) is 5.75 Å². The highest BCUT2D eigenvalue weighted by molar-refractivity contribution is 5.48. The third kappa shape index (κ3) is 4.03. The highest BCUT2D eigenvalue weighted by Gasteiger charge is 2.27. The van der Waals surface area contributed by atoms with Crippen molar-refractivity contribution in [3.05, 3.63) is 35.9 Å². The first-order valence-corrected chi connectivity index (χ1v) is 7.76. The van der Waals surface area contributed by atoms with E-state index >= 15 is 0 Å². The summed E-state index contributed by atoms with van der Waals surface area (Å²) in [6, 6.07) is 9.85. The van der Waals surface area contributed by atoms with Gasteiger partial charge >= 0.3 is 0 Å². The van der Waals surface area contributed by atoms with Gasteiger partial charge in [0.05, 0.1) is 7.11 Å². The first-order valence-electron chi connectivity index (χ1n) is 7.76. The average molecular weight is 315 g/mol. The summed E-state index contributed by atoms with van der Waals surface area (Å²) in [6.07, 6.45) is 1.93. The number of methoxy groups -OCH3 is 1. The molecule has 6 heteroatoms. The Kier molecular flexibility index (Phi) is 5.26. The number of ether oxygens (including phenoxy) is 1. The first-order chi connectivity index (χ1) is 11.0. The van der Waals surface area contributed by atoms with Crippen molar-refractivity contribution in [1.82, 2.24) is 9.97 Å². The zero-order chi connectivity index (χ0) is 16.9. The maximum absolute atomic E-state index is 5.68. The molecule has 1 aromatic heterocycles. The van der Waals surface area contributed by atoms with Gasteiger partial charge < -0.3 is 21.5 Å². The van der Waals surface area contributed by atoms with E-state index in [4.69, 9.17) is 16.2 Å². The summed E-state index contributed by atoms with van der Waals surface area (Å²) in [6.45, 7) is 5.18. The Morgan fingerprint density at radius 1 is 1.22 bits per heavy atom. The predicted molar refractivity (Wildman–Crippen MR) is 94.6 cm³/mol. The van der Waals surface area contributed by atoms with Crippen LogP contribution in [0.25, 0.3) is 0 Å². The van der Waals surface area contributed by atoms with Crippen LogP contribution in [0.15, 0.2) is 30.3 Å². The number of nitrogens with two attached hydrogens (primary N) is 2. The van der Waals surface area contributed by atoms with Crippen LogP contribution in [0.4, 0.5) is 17.6 Å². The number of aromatic nitrogens is 2. The van der Waals surface area contributed by atoms with Crippen molar-refractivity contribution < 1.29 is 4.74 Å². The van der Waals surface area contributed by atoms with Crippen molar-refractivity contribution in [1.29, 1.82) is 0 Å². The molecule has 2 aromatic rings. The van der Waals surface area contributed by atoms with E-state index in [1.54, 1.807) is 13.2 Å². The summed E-state index contributed by atoms with van der Waals surface area (Å²) < 4.78 is 5.52. The molecule has 1 heterocycles. The van der Waals surface area contributed by atoms with Gasteiger partial charge in [-0.25, -0.2) is 0 Å². The van der Waals surface area contributed by atoms with Crippen LogP contribution in [-0.4, -0.2) is 23.6 Å². The van der Waals surface area contributed by atoms with Crippen molar-refractivity contribution in [3.63, 3.8) is 0 Å². The molecule has 0 spiro atoms. The van der Waals surface area contributed by atoms with Crippen LogP contribution in [0.5, 0.6) is 5.75 Å². The smallest absolute Gasteiger partial charge is 0.223 e. The molecule has 5 N–H and O–H groups in total. The zero-order valence-corrected chi connectivity index (χ0v) is 14.0. The number of hydrogen-bond donors (Lipinski definition) is 3. The summed E-state index contributed by atoms with van der Waals surface area (Å²) in [5.41, 5.74) is 12.5. The molecule has 0 aliphatic heterocycles. The lowest BCUT2D eigenvalue weighted by atomic mass is 9.77. The summed E-state index contributed by atoms with van der Waals surface area (Å²) in [4.78, 5) is 8.00. The summed E-state index contributed by atoms with van der Waals surface area (Å²) in [5.74, 6) is 2.11. The number of para-hydroxylation sites is 1. The quantitative estimate of drug-likeness (QED) is 0.726. The fourth-order valence-corrected chi connectivity index (χ4v) is 2.69. The topological polar surface area (TPSA) is 99.1 Å². The second-order valence-electron chi connectivity index (χ2n) is 5.83. The highest BCUT2D eigenvalue weighted by Crippen LogP contribution is 2.37. The standard InChI is InChI=1S/C17H25N5O/c1-4-17(2,12-7-5-6-8-13(12)23-3)9-10-20-15-11-14(18)21-16(19)22-15/h5-8,11H,4,9-10H2,1-3H3,(H5,18,19,20,21,22). The molecule has 0 aliphatic rings. The second-order valence-corrected chi connectivity index (χ2v) is 5.83. The lowest BCUT2D eigenvalue weighted by Gasteiger charge is -2.30. The lowest BCUT2D eigenvalue weighted by molar-refractivity contribution is 0.370. The van der Waals surface area contributed by atoms with Gasteiger partial charge in [-0.05, 0) is 24.3 Å². The normalized spacial score (nSPS) is 13.3. The molecule has 1 unspecified atom stereocenters. The Balaban J connectivity index is 2.09. The van der Waals surface area contributed by atoms with E-state index in [-0.39, 0.29) is 11.4 Å². The number of rotatable bonds is 7. The third-order valence-electron chi connectivity index (χ3n) is 4.28. The Morgan fingerprint density at radius 3 is 2.61 bits per heavy atom. The van der Waals surface area contributed by atoms with Gasteiger partial charge in [-0.1, -0.05) is 32.0 Å². The molecule has 6 nitrogen and oxygen atoms in total.